The molecule has 3 aliphatic rings. The quantitative estimate of drug-likeness (QED) is 0.826. The molecule has 2 amide bonds. The highest BCUT2D eigenvalue weighted by Gasteiger charge is 2.45. The van der Waals surface area contributed by atoms with Crippen molar-refractivity contribution >= 4 is 23.6 Å². The summed E-state index contributed by atoms with van der Waals surface area (Å²) in [6.45, 7) is 2.61. The molecule has 2 aliphatic heterocycles. The second-order valence-electron chi connectivity index (χ2n) is 5.72. The number of nitrogens with one attached hydrogen (secondary N) is 1. The van der Waals surface area contributed by atoms with E-state index in [1.807, 2.05) is 23.6 Å². The van der Waals surface area contributed by atoms with Crippen molar-refractivity contribution in [3.8, 4) is 0 Å². The van der Waals surface area contributed by atoms with Crippen LogP contribution in [0.15, 0.2) is 0 Å². The largest absolute Gasteiger partial charge is 0.342 e. The molecular weight excluding hydrogens is 248 g/mol. The Bertz CT molecular complexity index is 364. The Morgan fingerprint density at radius 2 is 2.11 bits per heavy atom. The van der Waals surface area contributed by atoms with Crippen LogP contribution in [-0.2, 0) is 9.59 Å². The van der Waals surface area contributed by atoms with Gasteiger partial charge >= 0.3 is 0 Å². The number of rotatable bonds is 3. The fraction of sp³-hybridized carbons (Fsp3) is 0.846. The van der Waals surface area contributed by atoms with Crippen molar-refractivity contribution in [2.45, 2.75) is 38.3 Å². The average Bonchev–Trinajstić information content (AvgIpc) is 3.07. The Balaban J connectivity index is 1.71. The van der Waals surface area contributed by atoms with Gasteiger partial charge in [-0.15, -0.1) is 0 Å². The first kappa shape index (κ1) is 12.3. The molecule has 0 radical (unpaired) electrons. The molecule has 0 aromatic carbocycles. The van der Waals surface area contributed by atoms with E-state index in [4.69, 9.17) is 0 Å². The van der Waals surface area contributed by atoms with Gasteiger partial charge in [0.05, 0.1) is 0 Å². The van der Waals surface area contributed by atoms with E-state index in [0.29, 0.717) is 11.8 Å². The highest BCUT2D eigenvalue weighted by Crippen LogP contribution is 2.35. The van der Waals surface area contributed by atoms with Crippen LogP contribution in [0.1, 0.15) is 26.2 Å². The molecule has 0 aromatic heterocycles. The van der Waals surface area contributed by atoms with Gasteiger partial charge < -0.3 is 10.2 Å². The molecule has 4 nitrogen and oxygen atoms in total. The van der Waals surface area contributed by atoms with Crippen LogP contribution in [0.2, 0.25) is 0 Å². The maximum atomic E-state index is 12.5. The van der Waals surface area contributed by atoms with Crippen LogP contribution in [0.25, 0.3) is 0 Å². The number of amides is 2. The average molecular weight is 268 g/mol. The molecule has 1 saturated carbocycles. The Hall–Kier alpha value is -0.710. The van der Waals surface area contributed by atoms with Gasteiger partial charge in [-0.25, -0.2) is 0 Å². The first-order valence-electron chi connectivity index (χ1n) is 6.85. The monoisotopic (exact) mass is 268 g/mol. The third-order valence-corrected chi connectivity index (χ3v) is 5.50. The molecule has 3 rings (SSSR count). The molecule has 3 atom stereocenters. The molecular formula is C13H20N2O2S. The Kier molecular flexibility index (Phi) is 3.26. The second kappa shape index (κ2) is 4.76. The number of hydrogen-bond donors (Lipinski definition) is 1. The summed E-state index contributed by atoms with van der Waals surface area (Å²) in [5.74, 6) is 3.48. The number of piperazine rings is 1. The van der Waals surface area contributed by atoms with Crippen LogP contribution in [0.3, 0.4) is 0 Å². The lowest BCUT2D eigenvalue weighted by Gasteiger charge is -2.38. The molecule has 2 heterocycles. The smallest absolute Gasteiger partial charge is 0.246 e. The van der Waals surface area contributed by atoms with Gasteiger partial charge in [-0.05, 0) is 49.5 Å². The van der Waals surface area contributed by atoms with E-state index in [9.17, 15) is 9.59 Å². The summed E-state index contributed by atoms with van der Waals surface area (Å²) in [4.78, 5) is 26.2. The van der Waals surface area contributed by atoms with E-state index < -0.39 is 0 Å². The van der Waals surface area contributed by atoms with E-state index in [0.717, 1.165) is 25.1 Å². The molecule has 0 spiro atoms. The minimum atomic E-state index is -0.293. The SMILES string of the molecule is CC1C(=O)NC(C2CC2)C(=O)N1CC1CCSC1. The summed E-state index contributed by atoms with van der Waals surface area (Å²) in [6, 6.07) is -0.527. The zero-order valence-electron chi connectivity index (χ0n) is 10.7. The Morgan fingerprint density at radius 3 is 2.72 bits per heavy atom. The van der Waals surface area contributed by atoms with E-state index in [-0.39, 0.29) is 23.9 Å². The molecule has 2 saturated heterocycles. The first-order chi connectivity index (χ1) is 8.66. The lowest BCUT2D eigenvalue weighted by atomic mass is 10.0. The van der Waals surface area contributed by atoms with Gasteiger partial charge in [0.25, 0.3) is 0 Å². The third kappa shape index (κ3) is 2.25. The summed E-state index contributed by atoms with van der Waals surface area (Å²) in [5, 5.41) is 2.90. The van der Waals surface area contributed by atoms with E-state index in [1.165, 1.54) is 12.2 Å². The van der Waals surface area contributed by atoms with Gasteiger partial charge in [0.1, 0.15) is 12.1 Å². The summed E-state index contributed by atoms with van der Waals surface area (Å²) in [7, 11) is 0. The molecule has 0 bridgehead atoms. The molecule has 3 fully saturated rings. The van der Waals surface area contributed by atoms with Crippen LogP contribution >= 0.6 is 11.8 Å². The van der Waals surface area contributed by atoms with Crippen LogP contribution in [0, 0.1) is 11.8 Å². The van der Waals surface area contributed by atoms with Crippen molar-refractivity contribution in [1.29, 1.82) is 0 Å². The number of carbonyl (C=O) groups is 2. The number of thioether (sulfide) groups is 1. The number of hydrogen-bond acceptors (Lipinski definition) is 3. The van der Waals surface area contributed by atoms with Crippen molar-refractivity contribution in [3.05, 3.63) is 0 Å². The van der Waals surface area contributed by atoms with Crippen molar-refractivity contribution in [2.24, 2.45) is 11.8 Å². The molecule has 100 valence electrons. The van der Waals surface area contributed by atoms with Gasteiger partial charge in [-0.2, -0.15) is 11.8 Å². The van der Waals surface area contributed by atoms with Gasteiger partial charge in [-0.1, -0.05) is 0 Å². The highest BCUT2D eigenvalue weighted by atomic mass is 32.2. The summed E-state index contributed by atoms with van der Waals surface area (Å²) in [6.07, 6.45) is 3.34. The Morgan fingerprint density at radius 1 is 1.33 bits per heavy atom. The van der Waals surface area contributed by atoms with Gasteiger partial charge in [0, 0.05) is 6.54 Å². The zero-order chi connectivity index (χ0) is 12.7. The van der Waals surface area contributed by atoms with E-state index >= 15 is 0 Å². The highest BCUT2D eigenvalue weighted by molar-refractivity contribution is 7.99. The number of carbonyl (C=O) groups excluding carboxylic acids is 2. The maximum Gasteiger partial charge on any atom is 0.246 e. The van der Waals surface area contributed by atoms with Crippen LogP contribution in [0.5, 0.6) is 0 Å². The van der Waals surface area contributed by atoms with E-state index in [2.05, 4.69) is 5.32 Å². The zero-order valence-corrected chi connectivity index (χ0v) is 11.5. The van der Waals surface area contributed by atoms with Crippen LogP contribution in [0.4, 0.5) is 0 Å². The van der Waals surface area contributed by atoms with Crippen molar-refractivity contribution in [1.82, 2.24) is 10.2 Å². The minimum Gasteiger partial charge on any atom is -0.342 e. The van der Waals surface area contributed by atoms with Crippen LogP contribution < -0.4 is 5.32 Å². The van der Waals surface area contributed by atoms with Gasteiger partial charge in [0.15, 0.2) is 0 Å². The summed E-state index contributed by atoms with van der Waals surface area (Å²) in [5.41, 5.74) is 0. The van der Waals surface area contributed by atoms with Gasteiger partial charge in [-0.3, -0.25) is 9.59 Å². The topological polar surface area (TPSA) is 49.4 Å². The minimum absolute atomic E-state index is 0.0251. The maximum absolute atomic E-state index is 12.5. The van der Waals surface area contributed by atoms with E-state index in [1.54, 1.807) is 0 Å². The summed E-state index contributed by atoms with van der Waals surface area (Å²) >= 11 is 1.95. The predicted octanol–water partition coefficient (Wildman–Crippen LogP) is 0.865. The van der Waals surface area contributed by atoms with Crippen molar-refractivity contribution < 1.29 is 9.59 Å². The normalized spacial score (nSPS) is 36.9. The lowest BCUT2D eigenvalue weighted by Crippen LogP contribution is -2.63. The van der Waals surface area contributed by atoms with Crippen molar-refractivity contribution in [2.75, 3.05) is 18.1 Å². The Labute approximate surface area is 112 Å². The molecule has 1 N–H and O–H groups in total. The second-order valence-corrected chi connectivity index (χ2v) is 6.87. The molecule has 3 unspecified atom stereocenters. The summed E-state index contributed by atoms with van der Waals surface area (Å²) < 4.78 is 0. The first-order valence-corrected chi connectivity index (χ1v) is 8.01. The molecule has 18 heavy (non-hydrogen) atoms. The fourth-order valence-corrected chi connectivity index (χ4v) is 4.12. The molecule has 0 aromatic rings. The van der Waals surface area contributed by atoms with Gasteiger partial charge in [0.2, 0.25) is 11.8 Å². The lowest BCUT2D eigenvalue weighted by molar-refractivity contribution is -0.149. The molecule has 5 heteroatoms. The van der Waals surface area contributed by atoms with Crippen LogP contribution in [-0.4, -0.2) is 46.8 Å². The molecule has 1 aliphatic carbocycles. The standard InChI is InChI=1S/C13H20N2O2S/c1-8-12(16)14-11(10-2-3-10)13(17)15(8)6-9-4-5-18-7-9/h8-11H,2-7H2,1H3,(H,14,16). The third-order valence-electron chi connectivity index (χ3n) is 4.27. The van der Waals surface area contributed by atoms with Crippen molar-refractivity contribution in [3.63, 3.8) is 0 Å². The fourth-order valence-electron chi connectivity index (χ4n) is 2.85. The number of nitrogens with zero attached hydrogens (tertiary/aromatic N) is 1. The predicted molar refractivity (Wildman–Crippen MR) is 71.3 cm³/mol.